The van der Waals surface area contributed by atoms with E-state index in [1.54, 1.807) is 26.0 Å². The number of hydrogen-bond acceptors (Lipinski definition) is 4. The van der Waals surface area contributed by atoms with Crippen LogP contribution in [0.1, 0.15) is 44.0 Å². The summed E-state index contributed by atoms with van der Waals surface area (Å²) in [5, 5.41) is 5.82. The van der Waals surface area contributed by atoms with Crippen molar-refractivity contribution < 1.29 is 13.2 Å². The molecule has 1 fully saturated rings. The number of carbonyl (C=O) groups is 1. The maximum absolute atomic E-state index is 12.2. The van der Waals surface area contributed by atoms with E-state index < -0.39 is 15.1 Å². The Labute approximate surface area is 138 Å². The number of hydrogen-bond donors (Lipinski definition) is 2. The van der Waals surface area contributed by atoms with Crippen LogP contribution < -0.4 is 10.6 Å². The average molecular weight is 338 g/mol. The van der Waals surface area contributed by atoms with Gasteiger partial charge in [-0.3, -0.25) is 4.79 Å². The third kappa shape index (κ3) is 4.32. The summed E-state index contributed by atoms with van der Waals surface area (Å²) in [6, 6.07) is 6.18. The van der Waals surface area contributed by atoms with Crippen LogP contribution in [0.2, 0.25) is 0 Å². The lowest BCUT2D eigenvalue weighted by Crippen LogP contribution is -2.42. The van der Waals surface area contributed by atoms with Gasteiger partial charge in [0.15, 0.2) is 9.84 Å². The molecule has 128 valence electrons. The van der Waals surface area contributed by atoms with Crippen LogP contribution in [-0.4, -0.2) is 39.2 Å². The van der Waals surface area contributed by atoms with Crippen molar-refractivity contribution in [2.75, 3.05) is 19.6 Å². The minimum absolute atomic E-state index is 0.127. The summed E-state index contributed by atoms with van der Waals surface area (Å²) in [7, 11) is -3.30. The SMILES string of the molecule is CC(C)S(=O)(=O)c1ccc(C(=O)NCC2(C)CCNCC2)cc1. The second kappa shape index (κ2) is 7.01. The predicted octanol–water partition coefficient (Wildman–Crippen LogP) is 1.99. The Morgan fingerprint density at radius 3 is 2.30 bits per heavy atom. The topological polar surface area (TPSA) is 75.3 Å². The molecule has 1 aliphatic rings. The summed E-state index contributed by atoms with van der Waals surface area (Å²) in [5.41, 5.74) is 0.618. The predicted molar refractivity (Wildman–Crippen MR) is 91.3 cm³/mol. The molecule has 5 nitrogen and oxygen atoms in total. The molecule has 0 bridgehead atoms. The van der Waals surface area contributed by atoms with Gasteiger partial charge in [0, 0.05) is 12.1 Å². The standard InChI is InChI=1S/C17H26N2O3S/c1-13(2)23(21,22)15-6-4-14(5-7-15)16(20)19-12-17(3)8-10-18-11-9-17/h4-7,13,18H,8-12H2,1-3H3,(H,19,20). The van der Waals surface area contributed by atoms with E-state index >= 15 is 0 Å². The fourth-order valence-corrected chi connectivity index (χ4v) is 3.73. The van der Waals surface area contributed by atoms with E-state index in [1.807, 2.05) is 0 Å². The molecular formula is C17H26N2O3S. The van der Waals surface area contributed by atoms with Gasteiger partial charge in [0.25, 0.3) is 5.91 Å². The van der Waals surface area contributed by atoms with Crippen LogP contribution >= 0.6 is 0 Å². The summed E-state index contributed by atoms with van der Waals surface area (Å²) < 4.78 is 24.2. The van der Waals surface area contributed by atoms with Gasteiger partial charge < -0.3 is 10.6 Å². The van der Waals surface area contributed by atoms with Crippen LogP contribution in [0, 0.1) is 5.41 Å². The van der Waals surface area contributed by atoms with Gasteiger partial charge in [-0.25, -0.2) is 8.42 Å². The van der Waals surface area contributed by atoms with Gasteiger partial charge in [-0.15, -0.1) is 0 Å². The molecular weight excluding hydrogens is 312 g/mol. The molecule has 0 saturated carbocycles. The van der Waals surface area contributed by atoms with Gasteiger partial charge in [0.2, 0.25) is 0 Å². The highest BCUT2D eigenvalue weighted by Crippen LogP contribution is 2.26. The van der Waals surface area contributed by atoms with Crippen molar-refractivity contribution in [2.24, 2.45) is 5.41 Å². The number of amides is 1. The molecule has 0 atom stereocenters. The average Bonchev–Trinajstić information content (AvgIpc) is 2.53. The van der Waals surface area contributed by atoms with Crippen LogP contribution in [0.5, 0.6) is 0 Å². The van der Waals surface area contributed by atoms with E-state index in [0.29, 0.717) is 12.1 Å². The minimum Gasteiger partial charge on any atom is -0.351 e. The number of piperidine rings is 1. The maximum atomic E-state index is 12.2. The first-order valence-corrected chi connectivity index (χ1v) is 9.62. The van der Waals surface area contributed by atoms with Crippen molar-refractivity contribution in [1.82, 2.24) is 10.6 Å². The van der Waals surface area contributed by atoms with Crippen molar-refractivity contribution in [3.63, 3.8) is 0 Å². The zero-order valence-corrected chi connectivity index (χ0v) is 14.9. The zero-order chi connectivity index (χ0) is 17.1. The van der Waals surface area contributed by atoms with Crippen molar-refractivity contribution in [3.05, 3.63) is 29.8 Å². The molecule has 1 heterocycles. The van der Waals surface area contributed by atoms with Crippen molar-refractivity contribution in [2.45, 2.75) is 43.8 Å². The molecule has 2 N–H and O–H groups in total. The van der Waals surface area contributed by atoms with Crippen LogP contribution in [0.3, 0.4) is 0 Å². The van der Waals surface area contributed by atoms with Crippen molar-refractivity contribution in [3.8, 4) is 0 Å². The number of nitrogens with one attached hydrogen (secondary N) is 2. The monoisotopic (exact) mass is 338 g/mol. The Balaban J connectivity index is 2.00. The Morgan fingerprint density at radius 2 is 1.78 bits per heavy atom. The molecule has 1 amide bonds. The summed E-state index contributed by atoms with van der Waals surface area (Å²) >= 11 is 0. The zero-order valence-electron chi connectivity index (χ0n) is 14.1. The van der Waals surface area contributed by atoms with E-state index in [4.69, 9.17) is 0 Å². The fourth-order valence-electron chi connectivity index (χ4n) is 2.67. The normalized spacial score (nSPS) is 17.9. The number of rotatable bonds is 5. The van der Waals surface area contributed by atoms with Crippen molar-refractivity contribution in [1.29, 1.82) is 0 Å². The highest BCUT2D eigenvalue weighted by atomic mass is 32.2. The molecule has 1 saturated heterocycles. The second-order valence-electron chi connectivity index (χ2n) is 6.86. The molecule has 1 aromatic rings. The lowest BCUT2D eigenvalue weighted by molar-refractivity contribution is 0.0922. The third-order valence-corrected chi connectivity index (χ3v) is 6.72. The largest absolute Gasteiger partial charge is 0.351 e. The molecule has 6 heteroatoms. The molecule has 0 spiro atoms. The van der Waals surface area contributed by atoms with E-state index in [9.17, 15) is 13.2 Å². The number of carbonyl (C=O) groups excluding carboxylic acids is 1. The van der Waals surface area contributed by atoms with Gasteiger partial charge >= 0.3 is 0 Å². The van der Waals surface area contributed by atoms with E-state index in [2.05, 4.69) is 17.6 Å². The van der Waals surface area contributed by atoms with Gasteiger partial charge in [-0.1, -0.05) is 6.92 Å². The van der Waals surface area contributed by atoms with Crippen LogP contribution in [0.4, 0.5) is 0 Å². The quantitative estimate of drug-likeness (QED) is 0.861. The van der Waals surface area contributed by atoms with Crippen LogP contribution in [0.25, 0.3) is 0 Å². The highest BCUT2D eigenvalue weighted by Gasteiger charge is 2.27. The lowest BCUT2D eigenvalue weighted by atomic mass is 9.81. The molecule has 1 aromatic carbocycles. The van der Waals surface area contributed by atoms with Crippen LogP contribution in [0.15, 0.2) is 29.2 Å². The first kappa shape index (κ1) is 17.9. The van der Waals surface area contributed by atoms with Gasteiger partial charge in [0.1, 0.15) is 0 Å². The van der Waals surface area contributed by atoms with Gasteiger partial charge in [-0.2, -0.15) is 0 Å². The fraction of sp³-hybridized carbons (Fsp3) is 0.588. The van der Waals surface area contributed by atoms with E-state index in [1.165, 1.54) is 12.1 Å². The Bertz CT molecular complexity index is 645. The smallest absolute Gasteiger partial charge is 0.251 e. The van der Waals surface area contributed by atoms with E-state index in [0.717, 1.165) is 25.9 Å². The molecule has 0 unspecified atom stereocenters. The summed E-state index contributed by atoms with van der Waals surface area (Å²) in [4.78, 5) is 12.5. The first-order valence-electron chi connectivity index (χ1n) is 8.07. The Morgan fingerprint density at radius 1 is 1.22 bits per heavy atom. The van der Waals surface area contributed by atoms with Crippen molar-refractivity contribution >= 4 is 15.7 Å². The lowest BCUT2D eigenvalue weighted by Gasteiger charge is -2.34. The second-order valence-corrected chi connectivity index (χ2v) is 9.37. The maximum Gasteiger partial charge on any atom is 0.251 e. The minimum atomic E-state index is -3.30. The molecule has 0 aromatic heterocycles. The summed E-state index contributed by atoms with van der Waals surface area (Å²) in [6.07, 6.45) is 2.08. The number of sulfone groups is 1. The molecule has 2 rings (SSSR count). The summed E-state index contributed by atoms with van der Waals surface area (Å²) in [5.74, 6) is -0.154. The third-order valence-electron chi connectivity index (χ3n) is 4.55. The van der Waals surface area contributed by atoms with Crippen LogP contribution in [-0.2, 0) is 9.84 Å². The molecule has 0 radical (unpaired) electrons. The molecule has 23 heavy (non-hydrogen) atoms. The number of benzene rings is 1. The molecule has 1 aliphatic heterocycles. The highest BCUT2D eigenvalue weighted by molar-refractivity contribution is 7.92. The Kier molecular flexibility index (Phi) is 5.47. The Hall–Kier alpha value is -1.40. The molecule has 0 aliphatic carbocycles. The summed E-state index contributed by atoms with van der Waals surface area (Å²) in [6.45, 7) is 8.08. The van der Waals surface area contributed by atoms with E-state index in [-0.39, 0.29) is 16.2 Å². The van der Waals surface area contributed by atoms with Gasteiger partial charge in [0.05, 0.1) is 10.1 Å². The first-order chi connectivity index (χ1) is 10.7. The van der Waals surface area contributed by atoms with Gasteiger partial charge in [-0.05, 0) is 69.5 Å².